The zero-order chi connectivity index (χ0) is 23.9. The Balaban J connectivity index is 1.42. The summed E-state index contributed by atoms with van der Waals surface area (Å²) >= 11 is 0. The summed E-state index contributed by atoms with van der Waals surface area (Å²) in [6, 6.07) is 9.62. The van der Waals surface area contributed by atoms with Gasteiger partial charge in [-0.2, -0.15) is 0 Å². The Morgan fingerprint density at radius 2 is 1.97 bits per heavy atom. The molecule has 1 aromatic carbocycles. The smallest absolute Gasteiger partial charge is 0.236 e. The number of phenols is 1. The van der Waals surface area contributed by atoms with Gasteiger partial charge >= 0.3 is 0 Å². The van der Waals surface area contributed by atoms with E-state index in [1.165, 1.54) is 10.5 Å². The van der Waals surface area contributed by atoms with E-state index in [2.05, 4.69) is 26.8 Å². The standard InChI is InChI=1S/C25H29N5O3S/c1-18-5-4-10-28-24(18)23-20(6-3-7-21(23)31)17-29-13-8-25(15-19(29)2)9-14-34(32,33)30(25)22-16-26-11-12-27-22/h3-7,10-12,16,19,31H,8-9,13-15,17H2,1-2H3/t19-,25-/m0/s1. The Bertz CT molecular complexity index is 1300. The minimum absolute atomic E-state index is 0.131. The fourth-order valence-electron chi connectivity index (χ4n) is 5.55. The van der Waals surface area contributed by atoms with E-state index in [1.54, 1.807) is 24.7 Å². The van der Waals surface area contributed by atoms with Gasteiger partial charge in [0.25, 0.3) is 0 Å². The molecule has 0 aliphatic carbocycles. The molecule has 0 saturated carbocycles. The molecule has 34 heavy (non-hydrogen) atoms. The van der Waals surface area contributed by atoms with Gasteiger partial charge in [-0.25, -0.2) is 17.7 Å². The minimum Gasteiger partial charge on any atom is -0.507 e. The molecular formula is C25H29N5O3S. The van der Waals surface area contributed by atoms with Crippen LogP contribution < -0.4 is 4.31 Å². The van der Waals surface area contributed by atoms with E-state index in [0.29, 0.717) is 31.6 Å². The van der Waals surface area contributed by atoms with E-state index >= 15 is 0 Å². The van der Waals surface area contributed by atoms with E-state index in [0.717, 1.165) is 28.9 Å². The molecule has 0 bridgehead atoms. The van der Waals surface area contributed by atoms with Crippen LogP contribution >= 0.6 is 0 Å². The van der Waals surface area contributed by atoms with Crippen LogP contribution in [0.1, 0.15) is 37.3 Å². The number of rotatable bonds is 4. The third-order valence-electron chi connectivity index (χ3n) is 7.20. The van der Waals surface area contributed by atoms with E-state index in [4.69, 9.17) is 0 Å². The molecule has 2 aliphatic heterocycles. The number of pyridine rings is 1. The van der Waals surface area contributed by atoms with Crippen molar-refractivity contribution in [2.75, 3.05) is 16.6 Å². The van der Waals surface area contributed by atoms with Gasteiger partial charge in [-0.1, -0.05) is 18.2 Å². The Morgan fingerprint density at radius 3 is 2.71 bits per heavy atom. The zero-order valence-corrected chi connectivity index (χ0v) is 20.2. The quantitative estimate of drug-likeness (QED) is 0.611. The second kappa shape index (κ2) is 8.63. The normalized spacial score (nSPS) is 24.5. The van der Waals surface area contributed by atoms with E-state index in [-0.39, 0.29) is 17.5 Å². The molecule has 9 heteroatoms. The molecular weight excluding hydrogens is 450 g/mol. The number of benzene rings is 1. The Kier molecular flexibility index (Phi) is 5.77. The van der Waals surface area contributed by atoms with Crippen LogP contribution in [-0.4, -0.2) is 57.3 Å². The minimum atomic E-state index is -3.43. The number of nitrogens with zero attached hydrogens (tertiary/aromatic N) is 5. The monoisotopic (exact) mass is 479 g/mol. The summed E-state index contributed by atoms with van der Waals surface area (Å²) in [6.45, 7) is 5.53. The number of hydrogen-bond donors (Lipinski definition) is 1. The Morgan fingerprint density at radius 1 is 1.12 bits per heavy atom. The molecule has 1 spiro atoms. The Labute approximate surface area is 200 Å². The molecule has 2 aromatic heterocycles. The topological polar surface area (TPSA) is 99.5 Å². The molecule has 8 nitrogen and oxygen atoms in total. The summed E-state index contributed by atoms with van der Waals surface area (Å²) in [5, 5.41) is 10.7. The highest BCUT2D eigenvalue weighted by Gasteiger charge is 2.53. The third-order valence-corrected chi connectivity index (χ3v) is 9.05. The molecule has 178 valence electrons. The van der Waals surface area contributed by atoms with Gasteiger partial charge in [0.05, 0.1) is 23.2 Å². The lowest BCUT2D eigenvalue weighted by Gasteiger charge is -2.47. The lowest BCUT2D eigenvalue weighted by Crippen LogP contribution is -2.56. The van der Waals surface area contributed by atoms with Gasteiger partial charge in [0.2, 0.25) is 10.0 Å². The first-order chi connectivity index (χ1) is 16.3. The van der Waals surface area contributed by atoms with Gasteiger partial charge in [0.1, 0.15) is 5.75 Å². The fourth-order valence-corrected chi connectivity index (χ4v) is 7.59. The van der Waals surface area contributed by atoms with Crippen LogP contribution in [0, 0.1) is 6.92 Å². The second-order valence-electron chi connectivity index (χ2n) is 9.37. The van der Waals surface area contributed by atoms with Gasteiger partial charge < -0.3 is 5.11 Å². The predicted octanol–water partition coefficient (Wildman–Crippen LogP) is 3.52. The SMILES string of the molecule is Cc1cccnc1-c1c(O)cccc1CN1CC[C@]2(CCS(=O)(=O)N2c2cnccn2)C[C@@H]1C. The summed E-state index contributed by atoms with van der Waals surface area (Å²) in [6.07, 6.45) is 8.39. The van der Waals surface area contributed by atoms with E-state index in [9.17, 15) is 13.5 Å². The maximum atomic E-state index is 13.0. The largest absolute Gasteiger partial charge is 0.507 e. The lowest BCUT2D eigenvalue weighted by molar-refractivity contribution is 0.102. The molecule has 5 rings (SSSR count). The van der Waals surface area contributed by atoms with E-state index < -0.39 is 15.6 Å². The number of aromatic hydroxyl groups is 1. The molecule has 1 N–H and O–H groups in total. The first-order valence-electron chi connectivity index (χ1n) is 11.6. The van der Waals surface area contributed by atoms with Gasteiger partial charge in [-0.3, -0.25) is 14.9 Å². The van der Waals surface area contributed by atoms with Crippen LogP contribution in [-0.2, 0) is 16.6 Å². The molecule has 4 heterocycles. The number of phenolic OH excluding ortho intramolecular Hbond substituents is 1. The summed E-state index contributed by atoms with van der Waals surface area (Å²) in [5.74, 6) is 0.754. The summed E-state index contributed by atoms with van der Waals surface area (Å²) in [4.78, 5) is 15.3. The average Bonchev–Trinajstić information content (AvgIpc) is 3.07. The van der Waals surface area contributed by atoms with Crippen molar-refractivity contribution in [1.82, 2.24) is 19.9 Å². The molecule has 0 unspecified atom stereocenters. The van der Waals surface area contributed by atoms with E-state index in [1.807, 2.05) is 31.2 Å². The van der Waals surface area contributed by atoms with Gasteiger partial charge in [-0.05, 0) is 56.4 Å². The molecule has 0 radical (unpaired) electrons. The highest BCUT2D eigenvalue weighted by atomic mass is 32.2. The molecule has 2 atom stereocenters. The Hall–Kier alpha value is -3.04. The van der Waals surface area contributed by atoms with Crippen LogP contribution in [0.3, 0.4) is 0 Å². The molecule has 2 aliphatic rings. The highest BCUT2D eigenvalue weighted by Crippen LogP contribution is 2.45. The molecule has 0 amide bonds. The van der Waals surface area contributed by atoms with Crippen LogP contribution in [0.5, 0.6) is 5.75 Å². The van der Waals surface area contributed by atoms with Crippen molar-refractivity contribution in [3.05, 3.63) is 66.2 Å². The molecule has 2 fully saturated rings. The first kappa shape index (κ1) is 22.7. The fraction of sp³-hybridized carbons (Fsp3) is 0.400. The highest BCUT2D eigenvalue weighted by molar-refractivity contribution is 7.93. The molecule has 3 aromatic rings. The summed E-state index contributed by atoms with van der Waals surface area (Å²) in [7, 11) is -3.43. The number of aromatic nitrogens is 3. The van der Waals surface area contributed by atoms with Crippen molar-refractivity contribution < 1.29 is 13.5 Å². The predicted molar refractivity (Wildman–Crippen MR) is 131 cm³/mol. The third kappa shape index (κ3) is 3.92. The average molecular weight is 480 g/mol. The maximum absolute atomic E-state index is 13.0. The lowest BCUT2D eigenvalue weighted by atomic mass is 9.81. The second-order valence-corrected chi connectivity index (χ2v) is 11.3. The maximum Gasteiger partial charge on any atom is 0.236 e. The van der Waals surface area contributed by atoms with Gasteiger partial charge in [0.15, 0.2) is 5.82 Å². The van der Waals surface area contributed by atoms with Crippen molar-refractivity contribution >= 4 is 15.8 Å². The summed E-state index contributed by atoms with van der Waals surface area (Å²) in [5.41, 5.74) is 3.08. The van der Waals surface area contributed by atoms with Gasteiger partial charge in [-0.15, -0.1) is 0 Å². The van der Waals surface area contributed by atoms with Crippen molar-refractivity contribution in [1.29, 1.82) is 0 Å². The summed E-state index contributed by atoms with van der Waals surface area (Å²) < 4.78 is 27.5. The number of likely N-dealkylation sites (tertiary alicyclic amines) is 1. The number of piperidine rings is 1. The number of anilines is 1. The number of sulfonamides is 1. The number of hydrogen-bond acceptors (Lipinski definition) is 7. The van der Waals surface area contributed by atoms with Crippen LogP contribution in [0.2, 0.25) is 0 Å². The number of aryl methyl sites for hydroxylation is 1. The van der Waals surface area contributed by atoms with Crippen molar-refractivity contribution in [3.63, 3.8) is 0 Å². The van der Waals surface area contributed by atoms with Gasteiger partial charge in [0, 0.05) is 43.3 Å². The van der Waals surface area contributed by atoms with Crippen molar-refractivity contribution in [2.24, 2.45) is 0 Å². The first-order valence-corrected chi connectivity index (χ1v) is 13.2. The van der Waals surface area contributed by atoms with Crippen LogP contribution in [0.4, 0.5) is 5.82 Å². The molecule has 2 saturated heterocycles. The van der Waals surface area contributed by atoms with Crippen molar-refractivity contribution in [3.8, 4) is 17.0 Å². The zero-order valence-electron chi connectivity index (χ0n) is 19.4. The van der Waals surface area contributed by atoms with Crippen LogP contribution in [0.15, 0.2) is 55.1 Å². The van der Waals surface area contributed by atoms with Crippen LogP contribution in [0.25, 0.3) is 11.3 Å². The van der Waals surface area contributed by atoms with Crippen molar-refractivity contribution in [2.45, 2.75) is 51.2 Å².